The Morgan fingerprint density at radius 2 is 1.91 bits per heavy atom. The summed E-state index contributed by atoms with van der Waals surface area (Å²) in [5, 5.41) is 4.89. The lowest BCUT2D eigenvalue weighted by atomic mass is 9.94. The fourth-order valence-electron chi connectivity index (χ4n) is 4.96. The molecule has 34 heavy (non-hydrogen) atoms. The van der Waals surface area contributed by atoms with Crippen molar-refractivity contribution >= 4 is 28.3 Å². The Balaban J connectivity index is 1.60. The number of pyridine rings is 2. The second-order valence-electron chi connectivity index (χ2n) is 9.30. The van der Waals surface area contributed by atoms with Gasteiger partial charge < -0.3 is 15.6 Å². The Morgan fingerprint density at radius 3 is 2.59 bits per heavy atom. The monoisotopic (exact) mass is 464 g/mol. The topological polar surface area (TPSA) is 108 Å². The van der Waals surface area contributed by atoms with Crippen molar-refractivity contribution < 1.29 is 9.18 Å². The van der Waals surface area contributed by atoms with E-state index in [9.17, 15) is 4.79 Å². The van der Waals surface area contributed by atoms with Crippen molar-refractivity contribution in [2.24, 2.45) is 5.73 Å². The number of aromatic amines is 1. The molecule has 0 saturated carbocycles. The number of amides is 1. The number of aryl methyl sites for hydroxylation is 1. The number of primary amides is 1. The fraction of sp³-hybridized carbons (Fsp3) is 0.417. The zero-order valence-corrected chi connectivity index (χ0v) is 19.9. The van der Waals surface area contributed by atoms with Gasteiger partial charge in [-0.1, -0.05) is 13.8 Å². The van der Waals surface area contributed by atoms with Crippen LogP contribution in [0.15, 0.2) is 18.7 Å². The van der Waals surface area contributed by atoms with Crippen LogP contribution in [0, 0.1) is 19.7 Å². The van der Waals surface area contributed by atoms with Crippen LogP contribution in [0.5, 0.6) is 0 Å². The van der Waals surface area contributed by atoms with Crippen LogP contribution in [-0.2, 0) is 4.79 Å². The molecule has 1 amide bonds. The quantitative estimate of drug-likeness (QED) is 0.470. The van der Waals surface area contributed by atoms with Gasteiger partial charge in [-0.2, -0.15) is 5.10 Å². The molecule has 0 aliphatic carbocycles. The molecule has 9 nitrogen and oxygen atoms in total. The number of H-pyrrole nitrogens is 1. The smallest absolute Gasteiger partial charge is 0.231 e. The van der Waals surface area contributed by atoms with E-state index in [-0.39, 0.29) is 24.2 Å². The number of piperazine rings is 1. The number of carbonyl (C=O) groups is 1. The minimum Gasteiger partial charge on any atom is -0.369 e. The highest BCUT2D eigenvalue weighted by atomic mass is 19.1. The van der Waals surface area contributed by atoms with Crippen molar-refractivity contribution in [3.05, 3.63) is 41.2 Å². The number of nitrogens with two attached hydrogens (primary N) is 1. The molecule has 10 heteroatoms. The second-order valence-corrected chi connectivity index (χ2v) is 9.30. The van der Waals surface area contributed by atoms with E-state index in [1.54, 1.807) is 17.0 Å². The number of anilines is 1. The number of fused-ring (bicyclic) bond motifs is 2. The Labute approximate surface area is 196 Å². The van der Waals surface area contributed by atoms with E-state index in [0.717, 1.165) is 33.6 Å². The zero-order chi connectivity index (χ0) is 24.1. The highest BCUT2D eigenvalue weighted by Crippen LogP contribution is 2.40. The SMILES string of the molecule is Cc1c(-c2[nH]c3cnc(N4CCN(CC(N)=O)CC4)c(F)c3c2C(C)C)cn2ncnc2c1C. The van der Waals surface area contributed by atoms with Crippen LogP contribution >= 0.6 is 0 Å². The molecule has 1 aliphatic rings. The molecule has 0 aromatic carbocycles. The summed E-state index contributed by atoms with van der Waals surface area (Å²) in [6.45, 7) is 10.9. The molecule has 1 fully saturated rings. The minimum absolute atomic E-state index is 0.0760. The maximum atomic E-state index is 16.1. The number of hydrogen-bond acceptors (Lipinski definition) is 6. The van der Waals surface area contributed by atoms with E-state index in [4.69, 9.17) is 5.73 Å². The van der Waals surface area contributed by atoms with Gasteiger partial charge in [0.2, 0.25) is 5.91 Å². The number of halogens is 1. The number of rotatable bonds is 5. The standard InChI is InChI=1S/C24H29FN8O/c1-13(2)19-20-17(30-22(19)16-10-33-23(28-12-29-33)15(4)14(16)3)9-27-24(21(20)25)32-7-5-31(6-8-32)11-18(26)34/h9-10,12-13,30H,5-8,11H2,1-4H3,(H2,26,34). The Hall–Kier alpha value is -3.53. The van der Waals surface area contributed by atoms with Gasteiger partial charge in [0.25, 0.3) is 0 Å². The third-order valence-electron chi connectivity index (χ3n) is 6.82. The van der Waals surface area contributed by atoms with E-state index < -0.39 is 0 Å². The number of nitrogens with one attached hydrogen (secondary N) is 1. The van der Waals surface area contributed by atoms with Gasteiger partial charge in [-0.3, -0.25) is 9.69 Å². The van der Waals surface area contributed by atoms with E-state index in [1.165, 1.54) is 0 Å². The van der Waals surface area contributed by atoms with Gasteiger partial charge in [-0.05, 0) is 36.5 Å². The largest absolute Gasteiger partial charge is 0.369 e. The van der Waals surface area contributed by atoms with Gasteiger partial charge in [0.05, 0.1) is 24.0 Å². The highest BCUT2D eigenvalue weighted by Gasteiger charge is 2.27. The minimum atomic E-state index is -0.352. The number of nitrogens with zero attached hydrogens (tertiary/aromatic N) is 6. The van der Waals surface area contributed by atoms with Gasteiger partial charge in [-0.25, -0.2) is 18.9 Å². The van der Waals surface area contributed by atoms with Crippen molar-refractivity contribution in [3.8, 4) is 11.3 Å². The van der Waals surface area contributed by atoms with Crippen LogP contribution in [0.25, 0.3) is 27.8 Å². The van der Waals surface area contributed by atoms with E-state index in [0.29, 0.717) is 42.9 Å². The summed E-state index contributed by atoms with van der Waals surface area (Å²) < 4.78 is 17.8. The Bertz CT molecular complexity index is 1400. The predicted molar refractivity (Wildman–Crippen MR) is 129 cm³/mol. The van der Waals surface area contributed by atoms with Gasteiger partial charge in [-0.15, -0.1) is 0 Å². The lowest BCUT2D eigenvalue weighted by molar-refractivity contribution is -0.119. The summed E-state index contributed by atoms with van der Waals surface area (Å²) in [6.07, 6.45) is 5.21. The molecule has 0 spiro atoms. The molecule has 4 aromatic rings. The third kappa shape index (κ3) is 3.58. The summed E-state index contributed by atoms with van der Waals surface area (Å²) in [5.41, 5.74) is 11.7. The predicted octanol–water partition coefficient (Wildman–Crippen LogP) is 2.76. The number of aromatic nitrogens is 5. The highest BCUT2D eigenvalue weighted by molar-refractivity contribution is 5.94. The molecule has 0 bridgehead atoms. The molecular weight excluding hydrogens is 435 g/mol. The van der Waals surface area contributed by atoms with Gasteiger partial charge in [0.1, 0.15) is 6.33 Å². The van der Waals surface area contributed by atoms with E-state index >= 15 is 4.39 Å². The average Bonchev–Trinajstić information content (AvgIpc) is 3.42. The van der Waals surface area contributed by atoms with Crippen LogP contribution < -0.4 is 10.6 Å². The first-order valence-corrected chi connectivity index (χ1v) is 11.5. The molecule has 1 saturated heterocycles. The molecule has 0 radical (unpaired) electrons. The first-order chi connectivity index (χ1) is 16.3. The van der Waals surface area contributed by atoms with Crippen LogP contribution in [0.4, 0.5) is 10.2 Å². The van der Waals surface area contributed by atoms with Crippen LogP contribution in [0.2, 0.25) is 0 Å². The third-order valence-corrected chi connectivity index (χ3v) is 6.82. The number of hydrogen-bond donors (Lipinski definition) is 2. The summed E-state index contributed by atoms with van der Waals surface area (Å²) in [4.78, 5) is 27.4. The van der Waals surface area contributed by atoms with Crippen molar-refractivity contribution in [3.63, 3.8) is 0 Å². The van der Waals surface area contributed by atoms with E-state index in [1.807, 2.05) is 22.9 Å². The molecule has 5 heterocycles. The maximum Gasteiger partial charge on any atom is 0.231 e. The van der Waals surface area contributed by atoms with Crippen molar-refractivity contribution in [1.82, 2.24) is 29.5 Å². The summed E-state index contributed by atoms with van der Waals surface area (Å²) in [5.74, 6) is -0.246. The van der Waals surface area contributed by atoms with Gasteiger partial charge >= 0.3 is 0 Å². The van der Waals surface area contributed by atoms with Crippen LogP contribution in [0.3, 0.4) is 0 Å². The lowest BCUT2D eigenvalue weighted by Gasteiger charge is -2.34. The molecule has 0 unspecified atom stereocenters. The molecule has 3 N–H and O–H groups in total. The van der Waals surface area contributed by atoms with Crippen molar-refractivity contribution in [2.45, 2.75) is 33.6 Å². The molecule has 4 aromatic heterocycles. The zero-order valence-electron chi connectivity index (χ0n) is 19.9. The first-order valence-electron chi connectivity index (χ1n) is 11.5. The van der Waals surface area contributed by atoms with Gasteiger partial charge in [0, 0.05) is 43.3 Å². The number of carbonyl (C=O) groups excluding carboxylic acids is 1. The second kappa shape index (κ2) is 8.35. The lowest BCUT2D eigenvalue weighted by Crippen LogP contribution is -2.49. The van der Waals surface area contributed by atoms with Gasteiger partial charge in [0.15, 0.2) is 17.3 Å². The fourth-order valence-corrected chi connectivity index (χ4v) is 4.96. The normalized spacial score (nSPS) is 15.2. The summed E-state index contributed by atoms with van der Waals surface area (Å²) in [7, 11) is 0. The molecule has 178 valence electrons. The molecule has 0 atom stereocenters. The van der Waals surface area contributed by atoms with Crippen molar-refractivity contribution in [2.75, 3.05) is 37.6 Å². The molecular formula is C24H29FN8O. The summed E-state index contributed by atoms with van der Waals surface area (Å²) >= 11 is 0. The van der Waals surface area contributed by atoms with Crippen LogP contribution in [0.1, 0.15) is 36.5 Å². The molecule has 1 aliphatic heterocycles. The Morgan fingerprint density at radius 1 is 1.18 bits per heavy atom. The first kappa shape index (κ1) is 22.3. The maximum absolute atomic E-state index is 16.1. The van der Waals surface area contributed by atoms with Crippen molar-refractivity contribution in [1.29, 1.82) is 0 Å². The molecule has 5 rings (SSSR count). The summed E-state index contributed by atoms with van der Waals surface area (Å²) in [6, 6.07) is 0. The van der Waals surface area contributed by atoms with Crippen LogP contribution in [-0.4, -0.2) is 68.1 Å². The Kier molecular flexibility index (Phi) is 5.47. The van der Waals surface area contributed by atoms with E-state index in [2.05, 4.69) is 40.8 Å². The average molecular weight is 465 g/mol.